The smallest absolute Gasteiger partial charge is 0.0634 e. The molecule has 0 aromatic carbocycles. The van der Waals surface area contributed by atoms with Crippen molar-refractivity contribution >= 4 is 0 Å². The number of rotatable bonds is 5. The van der Waals surface area contributed by atoms with Crippen LogP contribution in [0.5, 0.6) is 0 Å². The van der Waals surface area contributed by atoms with Gasteiger partial charge in [-0.2, -0.15) is 0 Å². The molecule has 1 aliphatic carbocycles. The van der Waals surface area contributed by atoms with Crippen molar-refractivity contribution in [2.24, 2.45) is 0 Å². The Morgan fingerprint density at radius 2 is 1.86 bits per heavy atom. The van der Waals surface area contributed by atoms with Gasteiger partial charge in [-0.25, -0.2) is 0 Å². The Morgan fingerprint density at radius 1 is 1.19 bits per heavy atom. The lowest BCUT2D eigenvalue weighted by Crippen LogP contribution is -2.69. The van der Waals surface area contributed by atoms with Gasteiger partial charge in [0.05, 0.1) is 5.60 Å². The normalized spacial score (nSPS) is 30.7. The second-order valence-corrected chi connectivity index (χ2v) is 8.19. The molecule has 1 atom stereocenters. The first-order chi connectivity index (χ1) is 9.85. The molecule has 21 heavy (non-hydrogen) atoms. The van der Waals surface area contributed by atoms with Crippen molar-refractivity contribution in [3.05, 3.63) is 0 Å². The third-order valence-electron chi connectivity index (χ3n) is 6.16. The van der Waals surface area contributed by atoms with Gasteiger partial charge in [0.2, 0.25) is 0 Å². The van der Waals surface area contributed by atoms with Gasteiger partial charge in [0.1, 0.15) is 0 Å². The van der Waals surface area contributed by atoms with Gasteiger partial charge in [-0.05, 0) is 46.5 Å². The first-order valence-corrected chi connectivity index (χ1v) is 8.90. The predicted octanol–water partition coefficient (Wildman–Crippen LogP) is 3.58. The highest BCUT2D eigenvalue weighted by Crippen LogP contribution is 2.38. The summed E-state index contributed by atoms with van der Waals surface area (Å²) in [4.78, 5) is 2.81. The zero-order valence-electron chi connectivity index (χ0n) is 14.9. The summed E-state index contributed by atoms with van der Waals surface area (Å²) < 4.78 is 5.64. The SMILES string of the molecule is CCC1(C)CN(CCC(C)(C)OC)C2(CCCCC2)CN1. The Balaban J connectivity index is 2.09. The first-order valence-electron chi connectivity index (χ1n) is 8.90. The van der Waals surface area contributed by atoms with E-state index in [1.54, 1.807) is 0 Å². The second kappa shape index (κ2) is 6.55. The van der Waals surface area contributed by atoms with Crippen LogP contribution in [-0.4, -0.2) is 48.3 Å². The van der Waals surface area contributed by atoms with Crippen LogP contribution in [0.4, 0.5) is 0 Å². The Kier molecular flexibility index (Phi) is 5.38. The molecule has 0 radical (unpaired) electrons. The molecule has 1 aliphatic heterocycles. The zero-order valence-corrected chi connectivity index (χ0v) is 14.9. The first kappa shape index (κ1) is 17.2. The molecule has 2 rings (SSSR count). The van der Waals surface area contributed by atoms with Crippen LogP contribution in [0.1, 0.15) is 72.6 Å². The highest BCUT2D eigenvalue weighted by atomic mass is 16.5. The van der Waals surface area contributed by atoms with Crippen LogP contribution in [0.2, 0.25) is 0 Å². The molecule has 0 bridgehead atoms. The van der Waals surface area contributed by atoms with E-state index in [2.05, 4.69) is 37.9 Å². The van der Waals surface area contributed by atoms with Gasteiger partial charge in [-0.1, -0.05) is 26.2 Å². The van der Waals surface area contributed by atoms with Crippen LogP contribution in [0, 0.1) is 0 Å². The minimum atomic E-state index is -0.0106. The molecule has 2 aliphatic rings. The minimum absolute atomic E-state index is 0.0106. The van der Waals surface area contributed by atoms with E-state index in [0.717, 1.165) is 13.0 Å². The molecule has 1 saturated carbocycles. The van der Waals surface area contributed by atoms with Crippen LogP contribution >= 0.6 is 0 Å². The van der Waals surface area contributed by atoms with Crippen molar-refractivity contribution in [2.75, 3.05) is 26.7 Å². The summed E-state index contributed by atoms with van der Waals surface area (Å²) in [5.41, 5.74) is 0.681. The number of ether oxygens (including phenoxy) is 1. The Labute approximate surface area is 131 Å². The molecule has 1 heterocycles. The fourth-order valence-corrected chi connectivity index (χ4v) is 3.90. The zero-order chi connectivity index (χ0) is 15.6. The van der Waals surface area contributed by atoms with Crippen molar-refractivity contribution in [3.63, 3.8) is 0 Å². The fraction of sp³-hybridized carbons (Fsp3) is 1.00. The third-order valence-corrected chi connectivity index (χ3v) is 6.16. The van der Waals surface area contributed by atoms with Crippen molar-refractivity contribution in [3.8, 4) is 0 Å². The van der Waals surface area contributed by atoms with Crippen LogP contribution < -0.4 is 5.32 Å². The highest BCUT2D eigenvalue weighted by Gasteiger charge is 2.45. The summed E-state index contributed by atoms with van der Waals surface area (Å²) in [7, 11) is 1.84. The van der Waals surface area contributed by atoms with E-state index >= 15 is 0 Å². The quantitative estimate of drug-likeness (QED) is 0.839. The maximum atomic E-state index is 5.64. The van der Waals surface area contributed by atoms with E-state index in [1.165, 1.54) is 51.6 Å². The average Bonchev–Trinajstić information content (AvgIpc) is 2.50. The number of hydrogen-bond acceptors (Lipinski definition) is 3. The van der Waals surface area contributed by atoms with E-state index in [0.29, 0.717) is 5.54 Å². The van der Waals surface area contributed by atoms with Crippen LogP contribution in [0.3, 0.4) is 0 Å². The van der Waals surface area contributed by atoms with Crippen LogP contribution in [0.15, 0.2) is 0 Å². The molecule has 3 nitrogen and oxygen atoms in total. The molecular weight excluding hydrogens is 260 g/mol. The monoisotopic (exact) mass is 296 g/mol. The molecule has 1 spiro atoms. The summed E-state index contributed by atoms with van der Waals surface area (Å²) in [5, 5.41) is 3.87. The van der Waals surface area contributed by atoms with Crippen LogP contribution in [-0.2, 0) is 4.74 Å². The molecule has 0 aromatic heterocycles. The Morgan fingerprint density at radius 3 is 2.43 bits per heavy atom. The van der Waals surface area contributed by atoms with E-state index in [1.807, 2.05) is 7.11 Å². The molecular formula is C18H36N2O. The summed E-state index contributed by atoms with van der Waals surface area (Å²) in [6.07, 6.45) is 9.27. The van der Waals surface area contributed by atoms with Crippen molar-refractivity contribution < 1.29 is 4.74 Å². The van der Waals surface area contributed by atoms with E-state index in [4.69, 9.17) is 4.74 Å². The van der Waals surface area contributed by atoms with Gasteiger partial charge in [0.15, 0.2) is 0 Å². The topological polar surface area (TPSA) is 24.5 Å². The fourth-order valence-electron chi connectivity index (χ4n) is 3.90. The molecule has 2 fully saturated rings. The predicted molar refractivity (Wildman–Crippen MR) is 89.8 cm³/mol. The lowest BCUT2D eigenvalue weighted by molar-refractivity contribution is -0.0431. The van der Waals surface area contributed by atoms with Crippen LogP contribution in [0.25, 0.3) is 0 Å². The number of piperazine rings is 1. The number of methoxy groups -OCH3 is 1. The summed E-state index contributed by atoms with van der Waals surface area (Å²) in [5.74, 6) is 0. The van der Waals surface area contributed by atoms with Crippen molar-refractivity contribution in [1.82, 2.24) is 10.2 Å². The summed E-state index contributed by atoms with van der Waals surface area (Å²) in [6, 6.07) is 0. The van der Waals surface area contributed by atoms with E-state index in [-0.39, 0.29) is 11.1 Å². The van der Waals surface area contributed by atoms with Gasteiger partial charge in [0, 0.05) is 37.8 Å². The largest absolute Gasteiger partial charge is 0.379 e. The standard InChI is InChI=1S/C18H36N2O/c1-6-17(4)15-20(13-12-16(2,3)21-5)18(14-19-17)10-8-7-9-11-18/h19H,6-15H2,1-5H3. The Bertz CT molecular complexity index is 336. The molecule has 3 heteroatoms. The van der Waals surface area contributed by atoms with Gasteiger partial charge < -0.3 is 10.1 Å². The van der Waals surface area contributed by atoms with Gasteiger partial charge in [-0.3, -0.25) is 4.90 Å². The average molecular weight is 296 g/mol. The lowest BCUT2D eigenvalue weighted by atomic mass is 9.76. The lowest BCUT2D eigenvalue weighted by Gasteiger charge is -2.56. The van der Waals surface area contributed by atoms with E-state index in [9.17, 15) is 0 Å². The molecule has 1 saturated heterocycles. The number of nitrogens with one attached hydrogen (secondary N) is 1. The molecule has 1 unspecified atom stereocenters. The number of hydrogen-bond donors (Lipinski definition) is 1. The van der Waals surface area contributed by atoms with Crippen molar-refractivity contribution in [1.29, 1.82) is 0 Å². The van der Waals surface area contributed by atoms with Gasteiger partial charge >= 0.3 is 0 Å². The van der Waals surface area contributed by atoms with Crippen molar-refractivity contribution in [2.45, 2.75) is 89.3 Å². The highest BCUT2D eigenvalue weighted by molar-refractivity contribution is 5.04. The van der Waals surface area contributed by atoms with Gasteiger partial charge in [-0.15, -0.1) is 0 Å². The third kappa shape index (κ3) is 4.00. The van der Waals surface area contributed by atoms with E-state index < -0.39 is 0 Å². The Hall–Kier alpha value is -0.120. The summed E-state index contributed by atoms with van der Waals surface area (Å²) >= 11 is 0. The summed E-state index contributed by atoms with van der Waals surface area (Å²) in [6.45, 7) is 12.6. The maximum absolute atomic E-state index is 5.64. The molecule has 0 aromatic rings. The maximum Gasteiger partial charge on any atom is 0.0634 e. The number of nitrogens with zero attached hydrogens (tertiary/aromatic N) is 1. The minimum Gasteiger partial charge on any atom is -0.379 e. The molecule has 0 amide bonds. The molecule has 1 N–H and O–H groups in total. The van der Waals surface area contributed by atoms with Gasteiger partial charge in [0.25, 0.3) is 0 Å². The second-order valence-electron chi connectivity index (χ2n) is 8.19. The molecule has 124 valence electrons.